The van der Waals surface area contributed by atoms with E-state index in [0.717, 1.165) is 23.3 Å². The van der Waals surface area contributed by atoms with Crippen LogP contribution in [0.5, 0.6) is 0 Å². The first-order valence-electron chi connectivity index (χ1n) is 10.9. The van der Waals surface area contributed by atoms with Crippen molar-refractivity contribution in [1.29, 1.82) is 0 Å². The quantitative estimate of drug-likeness (QED) is 0.334. The lowest BCUT2D eigenvalue weighted by molar-refractivity contribution is 0.0391. The topological polar surface area (TPSA) is 71.7 Å². The van der Waals surface area contributed by atoms with Gasteiger partial charge in [0, 0.05) is 36.8 Å². The number of carbonyl (C=O) groups is 1. The Kier molecular flexibility index (Phi) is 6.85. The van der Waals surface area contributed by atoms with Crippen LogP contribution in [0, 0.1) is 6.92 Å². The number of benzene rings is 2. The van der Waals surface area contributed by atoms with E-state index in [1.807, 2.05) is 30.3 Å². The highest BCUT2D eigenvalue weighted by Crippen LogP contribution is 2.35. The number of morpholine rings is 1. The number of halogens is 2. The summed E-state index contributed by atoms with van der Waals surface area (Å²) in [5, 5.41) is 5.91. The van der Waals surface area contributed by atoms with Crippen molar-refractivity contribution < 1.29 is 14.1 Å². The number of nitrogens with zero attached hydrogens (tertiary/aromatic N) is 4. The van der Waals surface area contributed by atoms with Crippen LogP contribution in [-0.2, 0) is 4.74 Å². The van der Waals surface area contributed by atoms with Crippen LogP contribution in [0.3, 0.4) is 0 Å². The fourth-order valence-corrected chi connectivity index (χ4v) is 5.44. The third-order valence-electron chi connectivity index (χ3n) is 5.76. The van der Waals surface area contributed by atoms with E-state index < -0.39 is 0 Å². The van der Waals surface area contributed by atoms with E-state index in [-0.39, 0.29) is 5.91 Å². The Hall–Kier alpha value is -2.49. The van der Waals surface area contributed by atoms with Gasteiger partial charge >= 0.3 is 0 Å². The summed E-state index contributed by atoms with van der Waals surface area (Å²) < 4.78 is 11.8. The molecule has 1 fully saturated rings. The fourth-order valence-electron chi connectivity index (χ4n) is 3.95. The molecule has 10 heteroatoms. The van der Waals surface area contributed by atoms with Crippen molar-refractivity contribution >= 4 is 55.8 Å². The zero-order valence-electron chi connectivity index (χ0n) is 18.5. The van der Waals surface area contributed by atoms with Gasteiger partial charge in [0.05, 0.1) is 28.5 Å². The highest BCUT2D eigenvalue weighted by molar-refractivity contribution is 7.22. The van der Waals surface area contributed by atoms with Crippen molar-refractivity contribution in [3.05, 3.63) is 63.8 Å². The molecule has 0 atom stereocenters. The lowest BCUT2D eigenvalue weighted by Crippen LogP contribution is -2.43. The van der Waals surface area contributed by atoms with Crippen LogP contribution in [0.25, 0.3) is 21.5 Å². The summed E-state index contributed by atoms with van der Waals surface area (Å²) in [5.41, 5.74) is 2.25. The number of rotatable bonds is 6. The van der Waals surface area contributed by atoms with E-state index in [9.17, 15) is 4.79 Å². The maximum Gasteiger partial charge on any atom is 0.266 e. The Morgan fingerprint density at radius 2 is 1.97 bits per heavy atom. The number of aryl methyl sites for hydroxylation is 1. The molecule has 2 aromatic heterocycles. The average molecular weight is 517 g/mol. The van der Waals surface area contributed by atoms with Crippen molar-refractivity contribution in [3.8, 4) is 11.3 Å². The minimum absolute atomic E-state index is 0.230. The maximum atomic E-state index is 14.0. The number of ether oxygens (including phenoxy) is 1. The first kappa shape index (κ1) is 23.3. The van der Waals surface area contributed by atoms with Crippen molar-refractivity contribution in [2.45, 2.75) is 6.92 Å². The summed E-state index contributed by atoms with van der Waals surface area (Å²) in [6.45, 7) is 5.92. The molecule has 0 saturated carbocycles. The van der Waals surface area contributed by atoms with E-state index in [1.54, 1.807) is 24.0 Å². The van der Waals surface area contributed by atoms with Crippen LogP contribution in [0.4, 0.5) is 5.13 Å². The molecule has 7 nitrogen and oxygen atoms in total. The van der Waals surface area contributed by atoms with E-state index >= 15 is 0 Å². The molecule has 1 aliphatic rings. The number of carbonyl (C=O) groups excluding carboxylic acids is 1. The molecular formula is C24H22Cl2N4O3S. The molecule has 4 aromatic rings. The van der Waals surface area contributed by atoms with Crippen molar-refractivity contribution in [2.24, 2.45) is 0 Å². The molecule has 2 aromatic carbocycles. The standard InChI is InChI=1S/C24H22Cl2N4O3S/c1-15-21(22(28-33-15)17-4-2-3-5-18(17)26)23(31)30(9-8-29-10-12-32-13-11-29)24-27-19-7-6-16(25)14-20(19)34-24/h2-7,14H,8-13H2,1H3. The first-order chi connectivity index (χ1) is 16.5. The summed E-state index contributed by atoms with van der Waals surface area (Å²) in [6, 6.07) is 12.8. The SMILES string of the molecule is Cc1onc(-c2ccccc2Cl)c1C(=O)N(CCN1CCOCC1)c1nc2ccc(Cl)cc2s1. The summed E-state index contributed by atoms with van der Waals surface area (Å²) in [6.07, 6.45) is 0. The Balaban J connectivity index is 1.54. The lowest BCUT2D eigenvalue weighted by Gasteiger charge is -2.29. The van der Waals surface area contributed by atoms with E-state index in [0.29, 0.717) is 64.1 Å². The molecule has 0 radical (unpaired) electrons. The molecule has 34 heavy (non-hydrogen) atoms. The highest BCUT2D eigenvalue weighted by Gasteiger charge is 2.30. The number of aromatic nitrogens is 2. The minimum Gasteiger partial charge on any atom is -0.379 e. The van der Waals surface area contributed by atoms with Gasteiger partial charge in [-0.05, 0) is 31.2 Å². The third-order valence-corrected chi connectivity index (χ3v) is 7.37. The Labute approximate surface area is 210 Å². The number of amides is 1. The Bertz CT molecular complexity index is 1330. The molecule has 3 heterocycles. The van der Waals surface area contributed by atoms with Gasteiger partial charge in [0.1, 0.15) is 17.0 Å². The van der Waals surface area contributed by atoms with Gasteiger partial charge < -0.3 is 9.26 Å². The van der Waals surface area contributed by atoms with Crippen molar-refractivity contribution in [3.63, 3.8) is 0 Å². The number of fused-ring (bicyclic) bond motifs is 1. The van der Waals surface area contributed by atoms with Gasteiger partial charge in [-0.25, -0.2) is 4.98 Å². The highest BCUT2D eigenvalue weighted by atomic mass is 35.5. The summed E-state index contributed by atoms with van der Waals surface area (Å²) in [4.78, 5) is 22.8. The van der Waals surface area contributed by atoms with Gasteiger partial charge in [0.15, 0.2) is 5.13 Å². The van der Waals surface area contributed by atoms with Crippen LogP contribution in [0.15, 0.2) is 47.0 Å². The minimum atomic E-state index is -0.230. The predicted octanol–water partition coefficient (Wildman–Crippen LogP) is 5.55. The maximum absolute atomic E-state index is 14.0. The number of hydrogen-bond acceptors (Lipinski definition) is 7. The molecule has 1 saturated heterocycles. The van der Waals surface area contributed by atoms with Gasteiger partial charge in [-0.15, -0.1) is 0 Å². The molecule has 0 spiro atoms. The molecular weight excluding hydrogens is 495 g/mol. The van der Waals surface area contributed by atoms with Gasteiger partial charge in [0.2, 0.25) is 0 Å². The van der Waals surface area contributed by atoms with Gasteiger partial charge in [-0.3, -0.25) is 14.6 Å². The van der Waals surface area contributed by atoms with Crippen molar-refractivity contribution in [1.82, 2.24) is 15.0 Å². The molecule has 0 aliphatic carbocycles. The smallest absolute Gasteiger partial charge is 0.266 e. The van der Waals surface area contributed by atoms with Crippen molar-refractivity contribution in [2.75, 3.05) is 44.3 Å². The van der Waals surface area contributed by atoms with Crippen LogP contribution in [0.1, 0.15) is 16.1 Å². The zero-order chi connectivity index (χ0) is 23.7. The molecule has 5 rings (SSSR count). The summed E-state index contributed by atoms with van der Waals surface area (Å²) in [5.74, 6) is 0.201. The second kappa shape index (κ2) is 10.0. The molecule has 0 bridgehead atoms. The fraction of sp³-hybridized carbons (Fsp3) is 0.292. The number of thiazole rings is 1. The third kappa shape index (κ3) is 4.69. The van der Waals surface area contributed by atoms with Gasteiger partial charge in [0.25, 0.3) is 5.91 Å². The molecule has 1 aliphatic heterocycles. The van der Waals surface area contributed by atoms with Crippen LogP contribution in [0.2, 0.25) is 10.0 Å². The molecule has 1 amide bonds. The van der Waals surface area contributed by atoms with Crippen LogP contribution < -0.4 is 4.90 Å². The van der Waals surface area contributed by atoms with E-state index in [2.05, 4.69) is 10.1 Å². The monoisotopic (exact) mass is 516 g/mol. The lowest BCUT2D eigenvalue weighted by atomic mass is 10.1. The Morgan fingerprint density at radius 1 is 1.18 bits per heavy atom. The van der Waals surface area contributed by atoms with Crippen LogP contribution >= 0.6 is 34.5 Å². The second-order valence-corrected chi connectivity index (χ2v) is 9.81. The molecule has 176 valence electrons. The number of anilines is 1. The summed E-state index contributed by atoms with van der Waals surface area (Å²) in [7, 11) is 0. The molecule has 0 N–H and O–H groups in total. The average Bonchev–Trinajstić information content (AvgIpc) is 3.43. The normalized spacial score (nSPS) is 14.6. The zero-order valence-corrected chi connectivity index (χ0v) is 20.8. The summed E-state index contributed by atoms with van der Waals surface area (Å²) >= 11 is 14.0. The second-order valence-electron chi connectivity index (χ2n) is 7.96. The number of hydrogen-bond donors (Lipinski definition) is 0. The van der Waals surface area contributed by atoms with Gasteiger partial charge in [-0.1, -0.05) is 57.9 Å². The van der Waals surface area contributed by atoms with E-state index in [1.165, 1.54) is 11.3 Å². The largest absolute Gasteiger partial charge is 0.379 e. The predicted molar refractivity (Wildman–Crippen MR) is 135 cm³/mol. The Morgan fingerprint density at radius 3 is 2.76 bits per heavy atom. The molecule has 0 unspecified atom stereocenters. The van der Waals surface area contributed by atoms with E-state index in [4.69, 9.17) is 37.4 Å². The first-order valence-corrected chi connectivity index (χ1v) is 12.5. The van der Waals surface area contributed by atoms with Crippen LogP contribution in [-0.4, -0.2) is 60.3 Å². The van der Waals surface area contributed by atoms with Gasteiger partial charge in [-0.2, -0.15) is 0 Å².